The lowest BCUT2D eigenvalue weighted by molar-refractivity contribution is -0.156. The molecule has 0 radical (unpaired) electrons. The third kappa shape index (κ3) is 7.21. The molecule has 0 aliphatic carbocycles. The Bertz CT molecular complexity index is 288. The molecule has 0 amide bonds. The molecule has 4 N–H and O–H groups in total. The van der Waals surface area contributed by atoms with Crippen LogP contribution >= 0.6 is 0 Å². The van der Waals surface area contributed by atoms with Gasteiger partial charge in [-0.05, 0) is 20.8 Å². The second-order valence-corrected chi connectivity index (χ2v) is 4.89. The molecule has 0 fully saturated rings. The third-order valence-electron chi connectivity index (χ3n) is 1.93. The van der Waals surface area contributed by atoms with Gasteiger partial charge in [0.1, 0.15) is 17.7 Å². The molecule has 18 heavy (non-hydrogen) atoms. The first-order chi connectivity index (χ1) is 8.17. The van der Waals surface area contributed by atoms with Gasteiger partial charge in [0, 0.05) is 13.7 Å². The molecule has 0 spiro atoms. The van der Waals surface area contributed by atoms with Gasteiger partial charge in [-0.3, -0.25) is 9.59 Å². The van der Waals surface area contributed by atoms with E-state index in [1.807, 2.05) is 0 Å². The maximum atomic E-state index is 11.5. The van der Waals surface area contributed by atoms with E-state index in [-0.39, 0.29) is 13.2 Å². The number of carbonyl (C=O) groups excluding carboxylic acids is 1. The van der Waals surface area contributed by atoms with Crippen LogP contribution in [0.1, 0.15) is 20.8 Å². The zero-order chi connectivity index (χ0) is 14.3. The number of aliphatic carboxylic acids is 1. The number of hydrogen-bond acceptors (Lipinski definition) is 6. The molecule has 7 nitrogen and oxygen atoms in total. The van der Waals surface area contributed by atoms with Gasteiger partial charge in [-0.25, -0.2) is 0 Å². The van der Waals surface area contributed by atoms with E-state index < -0.39 is 29.6 Å². The van der Waals surface area contributed by atoms with Crippen LogP contribution in [0.25, 0.3) is 0 Å². The Kier molecular flexibility index (Phi) is 6.82. The fraction of sp³-hybridized carbons (Fsp3) is 0.818. The fourth-order valence-electron chi connectivity index (χ4n) is 1.11. The Morgan fingerprint density at radius 2 is 1.94 bits per heavy atom. The number of nitrogens with two attached hydrogens (primary N) is 1. The highest BCUT2D eigenvalue weighted by atomic mass is 16.6. The first kappa shape index (κ1) is 16.8. The highest BCUT2D eigenvalue weighted by molar-refractivity contribution is 5.77. The SMILES string of the molecule is COC[C@H](NCC(N)C(=O)OC(C)(C)C)C(=O)O. The minimum atomic E-state index is -1.06. The molecule has 0 aliphatic heterocycles. The molecule has 0 heterocycles. The van der Waals surface area contributed by atoms with E-state index in [2.05, 4.69) is 5.32 Å². The number of carboxylic acid groups (broad SMARTS) is 1. The predicted octanol–water partition coefficient (Wildman–Crippen LogP) is -0.655. The summed E-state index contributed by atoms with van der Waals surface area (Å²) in [5.74, 6) is -1.63. The molecule has 0 bridgehead atoms. The Labute approximate surface area is 107 Å². The van der Waals surface area contributed by atoms with Gasteiger partial charge >= 0.3 is 11.9 Å². The van der Waals surface area contributed by atoms with Crippen LogP contribution in [0.3, 0.4) is 0 Å². The molecule has 0 aromatic carbocycles. The number of carboxylic acids is 1. The quantitative estimate of drug-likeness (QED) is 0.522. The monoisotopic (exact) mass is 262 g/mol. The second-order valence-electron chi connectivity index (χ2n) is 4.89. The van der Waals surface area contributed by atoms with Crippen molar-refractivity contribution in [3.05, 3.63) is 0 Å². The molecule has 106 valence electrons. The van der Waals surface area contributed by atoms with Crippen molar-refractivity contribution < 1.29 is 24.2 Å². The molecule has 7 heteroatoms. The van der Waals surface area contributed by atoms with E-state index >= 15 is 0 Å². The predicted molar refractivity (Wildman–Crippen MR) is 65.1 cm³/mol. The third-order valence-corrected chi connectivity index (χ3v) is 1.93. The summed E-state index contributed by atoms with van der Waals surface area (Å²) in [5.41, 5.74) is 4.98. The topological polar surface area (TPSA) is 111 Å². The van der Waals surface area contributed by atoms with Crippen molar-refractivity contribution >= 4 is 11.9 Å². The van der Waals surface area contributed by atoms with Gasteiger partial charge in [-0.15, -0.1) is 0 Å². The molecule has 0 aromatic heterocycles. The van der Waals surface area contributed by atoms with Crippen LogP contribution in [0.15, 0.2) is 0 Å². The van der Waals surface area contributed by atoms with Crippen molar-refractivity contribution in [3.8, 4) is 0 Å². The summed E-state index contributed by atoms with van der Waals surface area (Å²) in [4.78, 5) is 22.3. The minimum Gasteiger partial charge on any atom is -0.480 e. The zero-order valence-corrected chi connectivity index (χ0v) is 11.2. The van der Waals surface area contributed by atoms with Crippen molar-refractivity contribution in [2.75, 3.05) is 20.3 Å². The van der Waals surface area contributed by atoms with Gasteiger partial charge < -0.3 is 25.6 Å². The standard InChI is InChI=1S/C11H22N2O5/c1-11(2,3)18-10(16)7(12)5-13-8(6-17-4)9(14)15/h7-8,13H,5-6,12H2,1-4H3,(H,14,15)/t7?,8-/m0/s1. The average Bonchev–Trinajstić information content (AvgIpc) is 2.20. The van der Waals surface area contributed by atoms with E-state index in [4.69, 9.17) is 20.3 Å². The van der Waals surface area contributed by atoms with Crippen LogP contribution in [0.4, 0.5) is 0 Å². The van der Waals surface area contributed by atoms with Crippen LogP contribution in [-0.2, 0) is 19.1 Å². The summed E-state index contributed by atoms with van der Waals surface area (Å²) in [6.07, 6.45) is 0. The van der Waals surface area contributed by atoms with Crippen LogP contribution in [0, 0.1) is 0 Å². The number of hydrogen-bond donors (Lipinski definition) is 3. The number of esters is 1. The van der Waals surface area contributed by atoms with Crippen molar-refractivity contribution in [3.63, 3.8) is 0 Å². The number of carbonyl (C=O) groups is 2. The fourth-order valence-corrected chi connectivity index (χ4v) is 1.11. The van der Waals surface area contributed by atoms with Crippen molar-refractivity contribution in [1.82, 2.24) is 5.32 Å². The lowest BCUT2D eigenvalue weighted by Crippen LogP contribution is -2.49. The maximum absolute atomic E-state index is 11.5. The van der Waals surface area contributed by atoms with Crippen LogP contribution in [0.2, 0.25) is 0 Å². The average molecular weight is 262 g/mol. The number of nitrogens with one attached hydrogen (secondary N) is 1. The molecule has 0 saturated carbocycles. The van der Waals surface area contributed by atoms with E-state index in [1.165, 1.54) is 7.11 Å². The molecule has 0 rings (SSSR count). The van der Waals surface area contributed by atoms with E-state index in [1.54, 1.807) is 20.8 Å². The zero-order valence-electron chi connectivity index (χ0n) is 11.2. The summed E-state index contributed by atoms with van der Waals surface area (Å²) in [6.45, 7) is 5.20. The van der Waals surface area contributed by atoms with Crippen LogP contribution < -0.4 is 11.1 Å². The number of ether oxygens (including phenoxy) is 2. The molecular weight excluding hydrogens is 240 g/mol. The van der Waals surface area contributed by atoms with E-state index in [0.717, 1.165) is 0 Å². The van der Waals surface area contributed by atoms with Crippen molar-refractivity contribution in [2.45, 2.75) is 38.5 Å². The second kappa shape index (κ2) is 7.30. The lowest BCUT2D eigenvalue weighted by atomic mass is 10.2. The van der Waals surface area contributed by atoms with Gasteiger partial charge in [0.2, 0.25) is 0 Å². The molecule has 2 atom stereocenters. The largest absolute Gasteiger partial charge is 0.480 e. The van der Waals surface area contributed by atoms with Gasteiger partial charge in [-0.1, -0.05) is 0 Å². The summed E-state index contributed by atoms with van der Waals surface area (Å²) < 4.78 is 9.81. The Hall–Kier alpha value is -1.18. The first-order valence-corrected chi connectivity index (χ1v) is 5.61. The Morgan fingerprint density at radius 3 is 2.33 bits per heavy atom. The van der Waals surface area contributed by atoms with Gasteiger partial charge in [0.25, 0.3) is 0 Å². The Balaban J connectivity index is 4.19. The highest BCUT2D eigenvalue weighted by Gasteiger charge is 2.24. The van der Waals surface area contributed by atoms with E-state index in [0.29, 0.717) is 0 Å². The van der Waals surface area contributed by atoms with E-state index in [9.17, 15) is 9.59 Å². The van der Waals surface area contributed by atoms with Gasteiger partial charge in [0.15, 0.2) is 0 Å². The summed E-state index contributed by atoms with van der Waals surface area (Å²) in [6, 6.07) is -1.81. The highest BCUT2D eigenvalue weighted by Crippen LogP contribution is 2.07. The lowest BCUT2D eigenvalue weighted by Gasteiger charge is -2.23. The van der Waals surface area contributed by atoms with Crippen LogP contribution in [-0.4, -0.2) is 55.0 Å². The number of methoxy groups -OCH3 is 1. The molecule has 0 aliphatic rings. The summed E-state index contributed by atoms with van der Waals surface area (Å²) in [5, 5.41) is 11.5. The van der Waals surface area contributed by atoms with Crippen LogP contribution in [0.5, 0.6) is 0 Å². The first-order valence-electron chi connectivity index (χ1n) is 5.61. The smallest absolute Gasteiger partial charge is 0.324 e. The minimum absolute atomic E-state index is 0.00360. The summed E-state index contributed by atoms with van der Waals surface area (Å²) in [7, 11) is 1.39. The maximum Gasteiger partial charge on any atom is 0.324 e. The normalized spacial score (nSPS) is 14.9. The summed E-state index contributed by atoms with van der Waals surface area (Å²) >= 11 is 0. The van der Waals surface area contributed by atoms with Crippen molar-refractivity contribution in [2.24, 2.45) is 5.73 Å². The molecule has 0 aromatic rings. The van der Waals surface area contributed by atoms with Crippen molar-refractivity contribution in [1.29, 1.82) is 0 Å². The Morgan fingerprint density at radius 1 is 1.39 bits per heavy atom. The van der Waals surface area contributed by atoms with Gasteiger partial charge in [-0.2, -0.15) is 0 Å². The molecular formula is C11H22N2O5. The molecule has 0 saturated heterocycles. The molecule has 1 unspecified atom stereocenters. The number of rotatable bonds is 7. The van der Waals surface area contributed by atoms with Gasteiger partial charge in [0.05, 0.1) is 6.61 Å².